The van der Waals surface area contributed by atoms with Crippen molar-refractivity contribution in [2.75, 3.05) is 5.32 Å². The van der Waals surface area contributed by atoms with Gasteiger partial charge in [0.1, 0.15) is 0 Å². The molecule has 2 aromatic rings. The van der Waals surface area contributed by atoms with E-state index in [1.165, 1.54) is 0 Å². The Morgan fingerprint density at radius 2 is 1.84 bits per heavy atom. The molecule has 3 unspecified atom stereocenters. The summed E-state index contributed by atoms with van der Waals surface area (Å²) in [5.41, 5.74) is 7.54. The minimum absolute atomic E-state index is 0. The molecular formula is C19H25ClN2O2S. The molecule has 1 amide bonds. The minimum atomic E-state index is -1.11. The van der Waals surface area contributed by atoms with Crippen molar-refractivity contribution in [3.8, 4) is 0 Å². The second-order valence-electron chi connectivity index (χ2n) is 5.90. The van der Waals surface area contributed by atoms with Gasteiger partial charge in [-0.05, 0) is 35.7 Å². The van der Waals surface area contributed by atoms with Gasteiger partial charge in [0.05, 0.1) is 22.6 Å². The van der Waals surface area contributed by atoms with Crippen LogP contribution < -0.4 is 11.1 Å². The molecule has 2 aromatic carbocycles. The van der Waals surface area contributed by atoms with E-state index in [4.69, 9.17) is 5.73 Å². The van der Waals surface area contributed by atoms with Crippen LogP contribution in [0.2, 0.25) is 0 Å². The molecule has 0 fully saturated rings. The number of anilines is 1. The van der Waals surface area contributed by atoms with Crippen LogP contribution in [0, 0.1) is 5.92 Å². The van der Waals surface area contributed by atoms with E-state index in [2.05, 4.69) is 5.32 Å². The van der Waals surface area contributed by atoms with Gasteiger partial charge in [0.15, 0.2) is 0 Å². The van der Waals surface area contributed by atoms with Crippen LogP contribution in [0.5, 0.6) is 0 Å². The third kappa shape index (κ3) is 6.27. The number of benzene rings is 2. The molecule has 25 heavy (non-hydrogen) atoms. The Kier molecular flexibility index (Phi) is 8.83. The molecule has 0 aromatic heterocycles. The first kappa shape index (κ1) is 21.4. The topological polar surface area (TPSA) is 72.2 Å². The molecule has 3 N–H and O–H groups in total. The summed E-state index contributed by atoms with van der Waals surface area (Å²) >= 11 is 0. The normalized spacial score (nSPS) is 14.0. The smallest absolute Gasteiger partial charge is 0.241 e. The number of carbonyl (C=O) groups excluding carboxylic acids is 1. The molecule has 2 rings (SSSR count). The summed E-state index contributed by atoms with van der Waals surface area (Å²) in [6.07, 6.45) is 0.852. The number of rotatable bonds is 7. The zero-order valence-corrected chi connectivity index (χ0v) is 16.1. The molecular weight excluding hydrogens is 356 g/mol. The molecule has 0 aliphatic carbocycles. The van der Waals surface area contributed by atoms with Gasteiger partial charge in [-0.25, -0.2) is 0 Å². The molecule has 136 valence electrons. The number of hydrogen-bond donors (Lipinski definition) is 2. The van der Waals surface area contributed by atoms with E-state index in [9.17, 15) is 9.00 Å². The first-order valence-electron chi connectivity index (χ1n) is 8.10. The van der Waals surface area contributed by atoms with Gasteiger partial charge in [0.25, 0.3) is 0 Å². The van der Waals surface area contributed by atoms with Crippen LogP contribution in [-0.4, -0.2) is 16.2 Å². The number of halogens is 1. The van der Waals surface area contributed by atoms with Crippen molar-refractivity contribution in [3.05, 3.63) is 60.2 Å². The van der Waals surface area contributed by atoms with E-state index in [1.54, 1.807) is 0 Å². The van der Waals surface area contributed by atoms with E-state index in [1.807, 2.05) is 68.4 Å². The highest BCUT2D eigenvalue weighted by molar-refractivity contribution is 7.84. The van der Waals surface area contributed by atoms with Crippen molar-refractivity contribution in [2.24, 2.45) is 11.7 Å². The van der Waals surface area contributed by atoms with Crippen molar-refractivity contribution in [1.82, 2.24) is 0 Å². The molecule has 0 saturated carbocycles. The number of hydrogen-bond acceptors (Lipinski definition) is 3. The Morgan fingerprint density at radius 1 is 1.16 bits per heavy atom. The second kappa shape index (κ2) is 10.3. The van der Waals surface area contributed by atoms with E-state index < -0.39 is 16.8 Å². The Balaban J connectivity index is 0.00000312. The average molecular weight is 381 g/mol. The molecule has 0 spiro atoms. The molecule has 0 bridgehead atoms. The summed E-state index contributed by atoms with van der Waals surface area (Å²) in [6.45, 7) is 3.97. The van der Waals surface area contributed by atoms with Crippen LogP contribution in [0.1, 0.15) is 25.8 Å². The Labute approximate surface area is 158 Å². The highest BCUT2D eigenvalue weighted by atomic mass is 35.5. The van der Waals surface area contributed by atoms with Gasteiger partial charge in [-0.15, -0.1) is 12.4 Å². The van der Waals surface area contributed by atoms with Gasteiger partial charge in [-0.3, -0.25) is 9.00 Å². The van der Waals surface area contributed by atoms with Crippen molar-refractivity contribution in [2.45, 2.75) is 37.0 Å². The lowest BCUT2D eigenvalue weighted by Gasteiger charge is -2.18. The number of nitrogens with one attached hydrogen (secondary N) is 1. The number of amides is 1. The SMILES string of the molecule is CCC(C)C(N)C(=O)Nc1cccc(CS(=O)c2ccccc2)c1.Cl. The highest BCUT2D eigenvalue weighted by Crippen LogP contribution is 2.17. The van der Waals surface area contributed by atoms with Crippen LogP contribution in [-0.2, 0) is 21.3 Å². The lowest BCUT2D eigenvalue weighted by molar-refractivity contribution is -0.118. The zero-order chi connectivity index (χ0) is 17.5. The fourth-order valence-electron chi connectivity index (χ4n) is 2.28. The quantitative estimate of drug-likeness (QED) is 0.768. The molecule has 0 heterocycles. The monoisotopic (exact) mass is 380 g/mol. The third-order valence-corrected chi connectivity index (χ3v) is 5.45. The van der Waals surface area contributed by atoms with E-state index in [0.717, 1.165) is 16.9 Å². The summed E-state index contributed by atoms with van der Waals surface area (Å²) in [5, 5.41) is 2.85. The van der Waals surface area contributed by atoms with Gasteiger partial charge >= 0.3 is 0 Å². The number of carbonyl (C=O) groups is 1. The summed E-state index contributed by atoms with van der Waals surface area (Å²) < 4.78 is 12.4. The lowest BCUT2D eigenvalue weighted by Crippen LogP contribution is -2.40. The van der Waals surface area contributed by atoms with Crippen LogP contribution in [0.3, 0.4) is 0 Å². The highest BCUT2D eigenvalue weighted by Gasteiger charge is 2.19. The Morgan fingerprint density at radius 3 is 2.48 bits per heavy atom. The van der Waals surface area contributed by atoms with Gasteiger partial charge in [-0.2, -0.15) is 0 Å². The standard InChI is InChI=1S/C19H24N2O2S.ClH/c1-3-14(2)18(20)19(22)21-16-9-7-8-15(12-16)13-24(23)17-10-5-4-6-11-17;/h4-12,14,18H,3,13,20H2,1-2H3,(H,21,22);1H. The maximum Gasteiger partial charge on any atom is 0.241 e. The van der Waals surface area contributed by atoms with Crippen molar-refractivity contribution >= 4 is 34.8 Å². The first-order chi connectivity index (χ1) is 11.5. The lowest BCUT2D eigenvalue weighted by atomic mass is 9.99. The maximum absolute atomic E-state index is 12.4. The summed E-state index contributed by atoms with van der Waals surface area (Å²) in [7, 11) is -1.11. The molecule has 0 aliphatic heterocycles. The third-order valence-electron chi connectivity index (χ3n) is 4.06. The predicted octanol–water partition coefficient (Wildman–Crippen LogP) is 3.73. The van der Waals surface area contributed by atoms with Crippen LogP contribution in [0.25, 0.3) is 0 Å². The molecule has 0 saturated heterocycles. The fraction of sp³-hybridized carbons (Fsp3) is 0.316. The van der Waals surface area contributed by atoms with Crippen molar-refractivity contribution in [3.63, 3.8) is 0 Å². The molecule has 4 nitrogen and oxygen atoms in total. The van der Waals surface area contributed by atoms with E-state index in [0.29, 0.717) is 11.4 Å². The van der Waals surface area contributed by atoms with Crippen LogP contribution in [0.15, 0.2) is 59.5 Å². The minimum Gasteiger partial charge on any atom is -0.325 e. The van der Waals surface area contributed by atoms with Gasteiger partial charge in [-0.1, -0.05) is 50.6 Å². The van der Waals surface area contributed by atoms with Crippen LogP contribution >= 0.6 is 12.4 Å². The summed E-state index contributed by atoms with van der Waals surface area (Å²) in [5.74, 6) is 0.343. The van der Waals surface area contributed by atoms with E-state index in [-0.39, 0.29) is 24.2 Å². The fourth-order valence-corrected chi connectivity index (χ4v) is 3.39. The van der Waals surface area contributed by atoms with E-state index >= 15 is 0 Å². The Hall–Kier alpha value is -1.69. The zero-order valence-electron chi connectivity index (χ0n) is 14.5. The largest absolute Gasteiger partial charge is 0.325 e. The van der Waals surface area contributed by atoms with Gasteiger partial charge in [0, 0.05) is 10.6 Å². The van der Waals surface area contributed by atoms with Gasteiger partial charge < -0.3 is 11.1 Å². The summed E-state index contributed by atoms with van der Waals surface area (Å²) in [6, 6.07) is 16.3. The predicted molar refractivity (Wildman–Crippen MR) is 106 cm³/mol. The Bertz CT molecular complexity index is 710. The summed E-state index contributed by atoms with van der Waals surface area (Å²) in [4.78, 5) is 13.0. The van der Waals surface area contributed by atoms with Crippen molar-refractivity contribution in [1.29, 1.82) is 0 Å². The second-order valence-corrected chi connectivity index (χ2v) is 7.35. The first-order valence-corrected chi connectivity index (χ1v) is 9.42. The van der Waals surface area contributed by atoms with Crippen molar-refractivity contribution < 1.29 is 9.00 Å². The van der Waals surface area contributed by atoms with Crippen LogP contribution in [0.4, 0.5) is 5.69 Å². The maximum atomic E-state index is 12.4. The molecule has 0 radical (unpaired) electrons. The molecule has 3 atom stereocenters. The molecule has 0 aliphatic rings. The molecule has 6 heteroatoms. The van der Waals surface area contributed by atoms with Gasteiger partial charge in [0.2, 0.25) is 5.91 Å². The average Bonchev–Trinajstić information content (AvgIpc) is 2.61. The number of nitrogens with two attached hydrogens (primary N) is 1.